The highest BCUT2D eigenvalue weighted by Gasteiger charge is 2.25. The van der Waals surface area contributed by atoms with Crippen molar-refractivity contribution in [3.8, 4) is 11.4 Å². The summed E-state index contributed by atoms with van der Waals surface area (Å²) in [4.78, 5) is 27.0. The molecule has 35 heavy (non-hydrogen) atoms. The number of anilines is 1. The second-order valence-corrected chi connectivity index (χ2v) is 9.72. The summed E-state index contributed by atoms with van der Waals surface area (Å²) in [6, 6.07) is 18.1. The molecule has 2 heterocycles. The highest BCUT2D eigenvalue weighted by molar-refractivity contribution is 6.30. The molecule has 3 aromatic rings. The first-order chi connectivity index (χ1) is 17.0. The third kappa shape index (κ3) is 6.61. The van der Waals surface area contributed by atoms with Gasteiger partial charge in [-0.2, -0.15) is 0 Å². The van der Waals surface area contributed by atoms with Crippen molar-refractivity contribution in [3.05, 3.63) is 76.4 Å². The average Bonchev–Trinajstić information content (AvgIpc) is 2.89. The quantitative estimate of drug-likeness (QED) is 0.329. The normalized spacial score (nSPS) is 13.8. The van der Waals surface area contributed by atoms with E-state index in [-0.39, 0.29) is 5.91 Å². The Morgan fingerprint density at radius 1 is 0.914 bits per heavy atom. The summed E-state index contributed by atoms with van der Waals surface area (Å²) in [6.07, 6.45) is 5.96. The van der Waals surface area contributed by atoms with E-state index < -0.39 is 0 Å². The van der Waals surface area contributed by atoms with Crippen molar-refractivity contribution in [1.29, 1.82) is 0 Å². The number of halogens is 1. The van der Waals surface area contributed by atoms with Crippen LogP contribution in [0.15, 0.2) is 54.6 Å². The Morgan fingerprint density at radius 3 is 2.31 bits per heavy atom. The first kappa shape index (κ1) is 25.2. The molecule has 1 aliphatic rings. The zero-order valence-corrected chi connectivity index (χ0v) is 21.6. The monoisotopic (exact) mass is 490 g/mol. The van der Waals surface area contributed by atoms with Crippen LogP contribution in [0.5, 0.6) is 0 Å². The van der Waals surface area contributed by atoms with Gasteiger partial charge in [0.15, 0.2) is 5.82 Å². The van der Waals surface area contributed by atoms with Crippen molar-refractivity contribution in [2.24, 2.45) is 0 Å². The molecule has 0 unspecified atom stereocenters. The van der Waals surface area contributed by atoms with Gasteiger partial charge in [0.2, 0.25) is 5.91 Å². The van der Waals surface area contributed by atoms with Gasteiger partial charge in [0.05, 0.1) is 0 Å². The molecule has 1 aliphatic heterocycles. The van der Waals surface area contributed by atoms with Crippen molar-refractivity contribution < 1.29 is 4.79 Å². The molecule has 5 nitrogen and oxygen atoms in total. The van der Waals surface area contributed by atoms with Gasteiger partial charge in [-0.05, 0) is 43.2 Å². The molecule has 1 fully saturated rings. The van der Waals surface area contributed by atoms with Crippen LogP contribution in [0, 0.1) is 6.92 Å². The van der Waals surface area contributed by atoms with Crippen LogP contribution in [0.3, 0.4) is 0 Å². The fourth-order valence-electron chi connectivity index (χ4n) is 4.61. The van der Waals surface area contributed by atoms with Crippen molar-refractivity contribution in [2.45, 2.75) is 52.4 Å². The van der Waals surface area contributed by atoms with Gasteiger partial charge in [-0.1, -0.05) is 68.1 Å². The summed E-state index contributed by atoms with van der Waals surface area (Å²) in [5, 5.41) is 0.696. The highest BCUT2D eigenvalue weighted by atomic mass is 35.5. The lowest BCUT2D eigenvalue weighted by molar-refractivity contribution is -0.131. The maximum Gasteiger partial charge on any atom is 0.222 e. The zero-order chi connectivity index (χ0) is 24.6. The van der Waals surface area contributed by atoms with Crippen LogP contribution in [-0.2, 0) is 11.2 Å². The fraction of sp³-hybridized carbons (Fsp3) is 0.414. The van der Waals surface area contributed by atoms with Crippen molar-refractivity contribution >= 4 is 23.3 Å². The minimum atomic E-state index is 0.283. The third-order valence-electron chi connectivity index (χ3n) is 6.69. The van der Waals surface area contributed by atoms with Crippen LogP contribution in [0.4, 0.5) is 5.82 Å². The van der Waals surface area contributed by atoms with Crippen LogP contribution < -0.4 is 4.90 Å². The van der Waals surface area contributed by atoms with E-state index in [1.807, 2.05) is 35.2 Å². The van der Waals surface area contributed by atoms with Crippen LogP contribution in [0.25, 0.3) is 11.4 Å². The Bertz CT molecular complexity index is 1110. The maximum atomic E-state index is 12.7. The first-order valence-electron chi connectivity index (χ1n) is 12.7. The van der Waals surface area contributed by atoms with Crippen molar-refractivity contribution in [3.63, 3.8) is 0 Å². The number of aromatic nitrogens is 2. The lowest BCUT2D eigenvalue weighted by atomic mass is 10.0. The number of benzene rings is 2. The number of hydrogen-bond acceptors (Lipinski definition) is 4. The number of rotatable bonds is 9. The molecule has 1 aromatic heterocycles. The predicted molar refractivity (Wildman–Crippen MR) is 144 cm³/mol. The van der Waals surface area contributed by atoms with E-state index in [1.165, 1.54) is 18.4 Å². The minimum absolute atomic E-state index is 0.283. The number of nitrogens with zero attached hydrogens (tertiary/aromatic N) is 4. The molecule has 6 heteroatoms. The molecule has 0 atom stereocenters. The van der Waals surface area contributed by atoms with Gasteiger partial charge in [-0.25, -0.2) is 9.97 Å². The minimum Gasteiger partial charge on any atom is -0.353 e. The van der Waals surface area contributed by atoms with E-state index in [0.717, 1.165) is 68.1 Å². The van der Waals surface area contributed by atoms with Crippen molar-refractivity contribution in [1.82, 2.24) is 14.9 Å². The second kappa shape index (κ2) is 12.2. The molecule has 184 valence electrons. The van der Waals surface area contributed by atoms with Crippen LogP contribution in [-0.4, -0.2) is 47.0 Å². The summed E-state index contributed by atoms with van der Waals surface area (Å²) < 4.78 is 0. The molecule has 0 spiro atoms. The number of carbonyl (C=O) groups excluding carboxylic acids is 1. The summed E-state index contributed by atoms with van der Waals surface area (Å²) in [5.41, 5.74) is 4.32. The van der Waals surface area contributed by atoms with Crippen LogP contribution in [0.1, 0.15) is 55.8 Å². The Morgan fingerprint density at radius 2 is 1.63 bits per heavy atom. The van der Waals surface area contributed by atoms with E-state index >= 15 is 0 Å². The summed E-state index contributed by atoms with van der Waals surface area (Å²) in [5.74, 6) is 1.97. The molecule has 1 amide bonds. The standard InChI is InChI=1S/C29H35ClN4O/c1-3-4-5-9-12-27(35)33-17-19-34(20-18-33)29-26(21-23-10-7-6-8-11-23)22(2)31-28(32-29)24-13-15-25(30)16-14-24/h6-8,10-11,13-16H,3-5,9,12,17-21H2,1-2H3. The maximum absolute atomic E-state index is 12.7. The lowest BCUT2D eigenvalue weighted by Crippen LogP contribution is -2.49. The Balaban J connectivity index is 1.56. The van der Waals surface area contributed by atoms with E-state index in [1.54, 1.807) is 0 Å². The molecular formula is C29H35ClN4O. The van der Waals surface area contributed by atoms with Gasteiger partial charge < -0.3 is 9.80 Å². The van der Waals surface area contributed by atoms with Gasteiger partial charge in [0.1, 0.15) is 5.82 Å². The molecule has 0 bridgehead atoms. The number of aryl methyl sites for hydroxylation is 1. The third-order valence-corrected chi connectivity index (χ3v) is 6.95. The van der Waals surface area contributed by atoms with Crippen molar-refractivity contribution in [2.75, 3.05) is 31.1 Å². The highest BCUT2D eigenvalue weighted by Crippen LogP contribution is 2.29. The Kier molecular flexibility index (Phi) is 8.75. The number of unbranched alkanes of at least 4 members (excludes halogenated alkanes) is 3. The average molecular weight is 491 g/mol. The molecule has 0 saturated carbocycles. The predicted octanol–water partition coefficient (Wildman–Crippen LogP) is 6.32. The van der Waals surface area contributed by atoms with Gasteiger partial charge in [0, 0.05) is 60.9 Å². The fourth-order valence-corrected chi connectivity index (χ4v) is 4.73. The first-order valence-corrected chi connectivity index (χ1v) is 13.1. The van der Waals surface area contributed by atoms with Gasteiger partial charge in [-0.15, -0.1) is 0 Å². The van der Waals surface area contributed by atoms with Crippen LogP contribution in [0.2, 0.25) is 5.02 Å². The lowest BCUT2D eigenvalue weighted by Gasteiger charge is -2.36. The van der Waals surface area contributed by atoms with E-state index in [2.05, 4.69) is 43.0 Å². The van der Waals surface area contributed by atoms with Gasteiger partial charge in [0.25, 0.3) is 0 Å². The van der Waals surface area contributed by atoms with Crippen LogP contribution >= 0.6 is 11.6 Å². The molecule has 0 aliphatic carbocycles. The molecule has 0 N–H and O–H groups in total. The SMILES string of the molecule is CCCCCCC(=O)N1CCN(c2nc(-c3ccc(Cl)cc3)nc(C)c2Cc2ccccc2)CC1. The van der Waals surface area contributed by atoms with Gasteiger partial charge in [-0.3, -0.25) is 4.79 Å². The summed E-state index contributed by atoms with van der Waals surface area (Å²) in [6.45, 7) is 7.28. The number of hydrogen-bond donors (Lipinski definition) is 0. The Labute approximate surface area is 214 Å². The number of piperazine rings is 1. The number of amides is 1. The smallest absolute Gasteiger partial charge is 0.222 e. The molecule has 0 radical (unpaired) electrons. The molecular weight excluding hydrogens is 456 g/mol. The zero-order valence-electron chi connectivity index (χ0n) is 20.8. The number of carbonyl (C=O) groups is 1. The summed E-state index contributed by atoms with van der Waals surface area (Å²) >= 11 is 6.10. The van der Waals surface area contributed by atoms with E-state index in [4.69, 9.17) is 21.6 Å². The largest absolute Gasteiger partial charge is 0.353 e. The molecule has 2 aromatic carbocycles. The molecule has 1 saturated heterocycles. The summed E-state index contributed by atoms with van der Waals surface area (Å²) in [7, 11) is 0. The Hall–Kier alpha value is -2.92. The second-order valence-electron chi connectivity index (χ2n) is 9.28. The van der Waals surface area contributed by atoms with E-state index in [0.29, 0.717) is 17.3 Å². The topological polar surface area (TPSA) is 49.3 Å². The van der Waals surface area contributed by atoms with E-state index in [9.17, 15) is 4.79 Å². The molecule has 4 rings (SSSR count). The van der Waals surface area contributed by atoms with Gasteiger partial charge >= 0.3 is 0 Å².